The molecule has 13 heavy (non-hydrogen) atoms. The molecule has 0 saturated carbocycles. The summed E-state index contributed by atoms with van der Waals surface area (Å²) in [7, 11) is -2.11. The Morgan fingerprint density at radius 2 is 2.00 bits per heavy atom. The number of sulfonamides is 1. The Labute approximate surface area is 78.5 Å². The van der Waals surface area contributed by atoms with Crippen LogP contribution in [0.15, 0.2) is 0 Å². The molecule has 0 amide bonds. The summed E-state index contributed by atoms with van der Waals surface area (Å²) in [6, 6.07) is -0.150. The zero-order chi connectivity index (χ0) is 10.5. The Morgan fingerprint density at radius 1 is 1.46 bits per heavy atom. The summed E-state index contributed by atoms with van der Waals surface area (Å²) >= 11 is 0. The van der Waals surface area contributed by atoms with E-state index in [1.165, 1.54) is 7.11 Å². The molecule has 0 aliphatic rings. The van der Waals surface area contributed by atoms with E-state index in [1.807, 2.05) is 0 Å². The number of ether oxygens (including phenoxy) is 1. The Balaban J connectivity index is 3.97. The van der Waals surface area contributed by atoms with E-state index in [0.29, 0.717) is 0 Å². The first-order chi connectivity index (χ1) is 5.87. The van der Waals surface area contributed by atoms with Crippen molar-refractivity contribution in [1.82, 2.24) is 4.72 Å². The summed E-state index contributed by atoms with van der Waals surface area (Å²) in [6.07, 6.45) is -0.113. The lowest BCUT2D eigenvalue weighted by molar-refractivity contribution is -0.140. The molecule has 0 aliphatic heterocycles. The molecule has 0 aromatic carbocycles. The molecule has 0 spiro atoms. The van der Waals surface area contributed by atoms with Crippen molar-refractivity contribution in [3.05, 3.63) is 0 Å². The molecular weight excluding hydrogens is 194 g/mol. The fourth-order valence-electron chi connectivity index (χ4n) is 0.738. The fraction of sp³-hybridized carbons (Fsp3) is 0.857. The average Bonchev–Trinajstić information content (AvgIpc) is 1.98. The van der Waals surface area contributed by atoms with E-state index in [9.17, 15) is 13.2 Å². The third kappa shape index (κ3) is 6.53. The summed E-state index contributed by atoms with van der Waals surface area (Å²) in [4.78, 5) is 10.6. The lowest BCUT2D eigenvalue weighted by Crippen LogP contribution is -2.33. The summed E-state index contributed by atoms with van der Waals surface area (Å²) in [5.41, 5.74) is 0. The monoisotopic (exact) mass is 209 g/mol. The van der Waals surface area contributed by atoms with Crippen molar-refractivity contribution >= 4 is 16.0 Å². The normalized spacial score (nSPS) is 11.7. The van der Waals surface area contributed by atoms with Crippen molar-refractivity contribution in [3.8, 4) is 0 Å². The molecule has 0 saturated heterocycles. The van der Waals surface area contributed by atoms with Crippen LogP contribution in [0.1, 0.15) is 20.3 Å². The smallest absolute Gasteiger partial charge is 0.306 e. The molecule has 6 heteroatoms. The minimum absolute atomic E-state index is 0.113. The molecule has 0 atom stereocenters. The highest BCUT2D eigenvalue weighted by atomic mass is 32.2. The van der Waals surface area contributed by atoms with E-state index in [-0.39, 0.29) is 18.2 Å². The van der Waals surface area contributed by atoms with E-state index in [2.05, 4.69) is 9.46 Å². The number of carbonyl (C=O) groups excluding carboxylic acids is 1. The molecule has 78 valence electrons. The molecule has 1 N–H and O–H groups in total. The van der Waals surface area contributed by atoms with Crippen LogP contribution in [-0.2, 0) is 19.6 Å². The van der Waals surface area contributed by atoms with Gasteiger partial charge in [0.15, 0.2) is 0 Å². The van der Waals surface area contributed by atoms with Crippen LogP contribution in [-0.4, -0.2) is 33.3 Å². The predicted octanol–water partition coefficient (Wildman–Crippen LogP) is -0.123. The highest BCUT2D eigenvalue weighted by Crippen LogP contribution is 1.93. The summed E-state index contributed by atoms with van der Waals surface area (Å²) in [5.74, 6) is -0.744. The highest BCUT2D eigenvalue weighted by Gasteiger charge is 2.14. The van der Waals surface area contributed by atoms with Crippen molar-refractivity contribution in [3.63, 3.8) is 0 Å². The number of esters is 1. The Morgan fingerprint density at radius 3 is 2.38 bits per heavy atom. The number of methoxy groups -OCH3 is 1. The minimum atomic E-state index is -3.34. The predicted molar refractivity (Wildman–Crippen MR) is 48.7 cm³/mol. The molecule has 0 heterocycles. The molecule has 0 unspecified atom stereocenters. The van der Waals surface area contributed by atoms with Gasteiger partial charge in [-0.25, -0.2) is 13.1 Å². The lowest BCUT2D eigenvalue weighted by atomic mass is 10.4. The number of rotatable bonds is 5. The number of nitrogens with one attached hydrogen (secondary N) is 1. The Kier molecular flexibility index (Phi) is 4.94. The minimum Gasteiger partial charge on any atom is -0.469 e. The summed E-state index contributed by atoms with van der Waals surface area (Å²) in [6.45, 7) is 3.44. The fourth-order valence-corrected chi connectivity index (χ4v) is 2.01. The van der Waals surface area contributed by atoms with Crippen molar-refractivity contribution in [2.45, 2.75) is 26.3 Å². The van der Waals surface area contributed by atoms with Crippen LogP contribution < -0.4 is 4.72 Å². The molecule has 0 radical (unpaired) electrons. The lowest BCUT2D eigenvalue weighted by Gasteiger charge is -2.08. The van der Waals surface area contributed by atoms with Crippen molar-refractivity contribution in [1.29, 1.82) is 0 Å². The number of carbonyl (C=O) groups is 1. The first-order valence-electron chi connectivity index (χ1n) is 3.94. The van der Waals surface area contributed by atoms with E-state index in [1.54, 1.807) is 13.8 Å². The van der Waals surface area contributed by atoms with Gasteiger partial charge in [-0.2, -0.15) is 0 Å². The van der Waals surface area contributed by atoms with E-state index in [4.69, 9.17) is 0 Å². The van der Waals surface area contributed by atoms with E-state index >= 15 is 0 Å². The first kappa shape index (κ1) is 12.4. The van der Waals surface area contributed by atoms with Crippen molar-refractivity contribution in [2.24, 2.45) is 0 Å². The third-order valence-electron chi connectivity index (χ3n) is 1.22. The van der Waals surface area contributed by atoms with Gasteiger partial charge >= 0.3 is 5.97 Å². The molecule has 5 nitrogen and oxygen atoms in total. The van der Waals surface area contributed by atoms with Gasteiger partial charge in [-0.15, -0.1) is 0 Å². The molecule has 0 rings (SSSR count). The molecular formula is C7H15NO4S. The van der Waals surface area contributed by atoms with Crippen molar-refractivity contribution < 1.29 is 17.9 Å². The molecule has 0 bridgehead atoms. The maximum atomic E-state index is 11.1. The Hall–Kier alpha value is -0.620. The molecule has 0 aromatic rings. The van der Waals surface area contributed by atoms with Crippen LogP contribution in [0.2, 0.25) is 0 Å². The Bertz CT molecular complexity index is 258. The summed E-state index contributed by atoms with van der Waals surface area (Å²) < 4.78 is 29.0. The zero-order valence-corrected chi connectivity index (χ0v) is 8.85. The second-order valence-corrected chi connectivity index (χ2v) is 4.79. The van der Waals surface area contributed by atoms with Crippen LogP contribution >= 0.6 is 0 Å². The van der Waals surface area contributed by atoms with Gasteiger partial charge in [-0.1, -0.05) is 0 Å². The third-order valence-corrected chi connectivity index (χ3v) is 2.79. The number of hydrogen-bond acceptors (Lipinski definition) is 4. The van der Waals surface area contributed by atoms with Crippen LogP contribution in [0.4, 0.5) is 0 Å². The number of hydrogen-bond donors (Lipinski definition) is 1. The highest BCUT2D eigenvalue weighted by molar-refractivity contribution is 7.89. The average molecular weight is 209 g/mol. The van der Waals surface area contributed by atoms with Gasteiger partial charge in [-0.3, -0.25) is 4.79 Å². The SMILES string of the molecule is COC(=O)CCS(=O)(=O)NC(C)C. The van der Waals surface area contributed by atoms with Crippen molar-refractivity contribution in [2.75, 3.05) is 12.9 Å². The van der Waals surface area contributed by atoms with Crippen LogP contribution in [0.3, 0.4) is 0 Å². The van der Waals surface area contributed by atoms with E-state index in [0.717, 1.165) is 0 Å². The van der Waals surface area contributed by atoms with Gasteiger partial charge in [-0.05, 0) is 13.8 Å². The van der Waals surface area contributed by atoms with Gasteiger partial charge in [0, 0.05) is 6.04 Å². The van der Waals surface area contributed by atoms with E-state index < -0.39 is 16.0 Å². The molecule has 0 aromatic heterocycles. The quantitative estimate of drug-likeness (QED) is 0.640. The molecule has 0 fully saturated rings. The topological polar surface area (TPSA) is 72.5 Å². The van der Waals surface area contributed by atoms with Crippen LogP contribution in [0.5, 0.6) is 0 Å². The van der Waals surface area contributed by atoms with Crippen LogP contribution in [0, 0.1) is 0 Å². The van der Waals surface area contributed by atoms with Gasteiger partial charge in [0.05, 0.1) is 19.3 Å². The first-order valence-corrected chi connectivity index (χ1v) is 5.59. The second kappa shape index (κ2) is 5.18. The van der Waals surface area contributed by atoms with Gasteiger partial charge in [0.25, 0.3) is 0 Å². The van der Waals surface area contributed by atoms with Crippen LogP contribution in [0.25, 0.3) is 0 Å². The van der Waals surface area contributed by atoms with Gasteiger partial charge in [0.1, 0.15) is 0 Å². The summed E-state index contributed by atoms with van der Waals surface area (Å²) in [5, 5.41) is 0. The maximum Gasteiger partial charge on any atom is 0.306 e. The van der Waals surface area contributed by atoms with Gasteiger partial charge in [0.2, 0.25) is 10.0 Å². The second-order valence-electron chi connectivity index (χ2n) is 2.92. The maximum absolute atomic E-state index is 11.1. The largest absolute Gasteiger partial charge is 0.469 e. The van der Waals surface area contributed by atoms with Gasteiger partial charge < -0.3 is 4.74 Å². The standard InChI is InChI=1S/C7H15NO4S/c1-6(2)8-13(10,11)5-4-7(9)12-3/h6,8H,4-5H2,1-3H3. The molecule has 0 aliphatic carbocycles. The zero-order valence-electron chi connectivity index (χ0n) is 8.03.